The predicted octanol–water partition coefficient (Wildman–Crippen LogP) is 3.40. The number of aromatic nitrogens is 2. The second-order valence-electron chi connectivity index (χ2n) is 5.86. The molecule has 0 bridgehead atoms. The molecule has 2 heterocycles. The lowest BCUT2D eigenvalue weighted by Gasteiger charge is -2.26. The van der Waals surface area contributed by atoms with Crippen LogP contribution in [0.2, 0.25) is 0 Å². The van der Waals surface area contributed by atoms with E-state index in [2.05, 4.69) is 15.3 Å². The fraction of sp³-hybridized carbons (Fsp3) is 0.150. The van der Waals surface area contributed by atoms with Crippen molar-refractivity contribution in [2.75, 3.05) is 6.61 Å². The minimum absolute atomic E-state index is 0.0637. The van der Waals surface area contributed by atoms with E-state index in [1.165, 1.54) is 0 Å². The van der Waals surface area contributed by atoms with Crippen molar-refractivity contribution in [3.63, 3.8) is 0 Å². The van der Waals surface area contributed by atoms with Crippen LogP contribution in [0.3, 0.4) is 0 Å². The number of amides is 1. The largest absolute Gasteiger partial charge is 0.493 e. The van der Waals surface area contributed by atoms with Crippen LogP contribution in [0, 0.1) is 0 Å². The van der Waals surface area contributed by atoms with Gasteiger partial charge in [-0.05, 0) is 6.07 Å². The van der Waals surface area contributed by atoms with Crippen molar-refractivity contribution in [1.29, 1.82) is 0 Å². The molecule has 3 aromatic rings. The van der Waals surface area contributed by atoms with E-state index in [1.807, 2.05) is 54.6 Å². The van der Waals surface area contributed by atoms with Crippen LogP contribution in [0.25, 0.3) is 11.4 Å². The summed E-state index contributed by atoms with van der Waals surface area (Å²) >= 11 is 0. The van der Waals surface area contributed by atoms with Gasteiger partial charge in [-0.2, -0.15) is 0 Å². The number of hydrogen-bond acceptors (Lipinski definition) is 4. The minimum Gasteiger partial charge on any atom is -0.493 e. The Morgan fingerprint density at radius 3 is 2.52 bits per heavy atom. The lowest BCUT2D eigenvalue weighted by molar-refractivity contribution is 0.0924. The number of benzene rings is 2. The summed E-state index contributed by atoms with van der Waals surface area (Å²) in [6.07, 6.45) is 3.87. The van der Waals surface area contributed by atoms with Crippen LogP contribution in [-0.4, -0.2) is 22.5 Å². The molecule has 25 heavy (non-hydrogen) atoms. The predicted molar refractivity (Wildman–Crippen MR) is 94.2 cm³/mol. The van der Waals surface area contributed by atoms with E-state index < -0.39 is 0 Å². The van der Waals surface area contributed by atoms with Crippen LogP contribution >= 0.6 is 0 Å². The molecule has 1 atom stereocenters. The first kappa shape index (κ1) is 15.3. The fourth-order valence-corrected chi connectivity index (χ4v) is 2.92. The Labute approximate surface area is 145 Å². The van der Waals surface area contributed by atoms with Gasteiger partial charge in [0.15, 0.2) is 5.82 Å². The summed E-state index contributed by atoms with van der Waals surface area (Å²) < 4.78 is 5.63. The molecule has 1 N–H and O–H groups in total. The van der Waals surface area contributed by atoms with Gasteiger partial charge in [0.25, 0.3) is 5.91 Å². The summed E-state index contributed by atoms with van der Waals surface area (Å²) in [7, 11) is 0. The van der Waals surface area contributed by atoms with Gasteiger partial charge in [-0.3, -0.25) is 4.79 Å². The second-order valence-corrected chi connectivity index (χ2v) is 5.86. The van der Waals surface area contributed by atoms with Crippen molar-refractivity contribution in [2.24, 2.45) is 0 Å². The Balaban J connectivity index is 1.51. The summed E-state index contributed by atoms with van der Waals surface area (Å²) in [6.45, 7) is 0.589. The van der Waals surface area contributed by atoms with E-state index >= 15 is 0 Å². The molecule has 1 amide bonds. The van der Waals surface area contributed by atoms with Crippen LogP contribution in [0.15, 0.2) is 67.0 Å². The zero-order valence-electron chi connectivity index (χ0n) is 13.6. The van der Waals surface area contributed by atoms with E-state index in [4.69, 9.17) is 4.74 Å². The molecule has 4 rings (SSSR count). The number of carbonyl (C=O) groups is 1. The van der Waals surface area contributed by atoms with Crippen LogP contribution in [0.4, 0.5) is 0 Å². The van der Waals surface area contributed by atoms with Crippen molar-refractivity contribution in [1.82, 2.24) is 15.3 Å². The molecule has 5 heteroatoms. The third-order valence-electron chi connectivity index (χ3n) is 4.21. The highest BCUT2D eigenvalue weighted by atomic mass is 16.5. The van der Waals surface area contributed by atoms with Crippen molar-refractivity contribution < 1.29 is 9.53 Å². The van der Waals surface area contributed by atoms with Gasteiger partial charge in [-0.15, -0.1) is 0 Å². The fourth-order valence-electron chi connectivity index (χ4n) is 2.92. The number of rotatable bonds is 3. The molecule has 0 saturated heterocycles. The number of ether oxygens (including phenoxy) is 1. The van der Waals surface area contributed by atoms with Gasteiger partial charge in [0.05, 0.1) is 18.2 Å². The zero-order chi connectivity index (χ0) is 17.1. The Morgan fingerprint density at radius 2 is 1.72 bits per heavy atom. The maximum atomic E-state index is 12.5. The van der Waals surface area contributed by atoms with E-state index in [0.29, 0.717) is 18.0 Å². The van der Waals surface area contributed by atoms with Gasteiger partial charge < -0.3 is 10.1 Å². The summed E-state index contributed by atoms with van der Waals surface area (Å²) in [6, 6.07) is 17.4. The van der Waals surface area contributed by atoms with Gasteiger partial charge in [-0.25, -0.2) is 9.97 Å². The molecule has 0 saturated carbocycles. The van der Waals surface area contributed by atoms with Gasteiger partial charge in [0.1, 0.15) is 5.75 Å². The van der Waals surface area contributed by atoms with E-state index in [-0.39, 0.29) is 11.9 Å². The second kappa shape index (κ2) is 6.73. The molecule has 1 aromatic heterocycles. The Kier molecular flexibility index (Phi) is 4.12. The summed E-state index contributed by atoms with van der Waals surface area (Å²) in [5.74, 6) is 1.25. The van der Waals surface area contributed by atoms with E-state index in [0.717, 1.165) is 23.3 Å². The molecule has 2 aromatic carbocycles. The quantitative estimate of drug-likeness (QED) is 0.799. The number of carbonyl (C=O) groups excluding carboxylic acids is 1. The lowest BCUT2D eigenvalue weighted by atomic mass is 10.0. The molecular formula is C20H17N3O2. The normalized spacial score (nSPS) is 15.8. The first-order valence-electron chi connectivity index (χ1n) is 8.21. The van der Waals surface area contributed by atoms with Crippen molar-refractivity contribution in [2.45, 2.75) is 12.5 Å². The number of nitrogens with one attached hydrogen (secondary N) is 1. The van der Waals surface area contributed by atoms with Gasteiger partial charge in [0, 0.05) is 29.9 Å². The average Bonchev–Trinajstić information content (AvgIpc) is 2.69. The van der Waals surface area contributed by atoms with Crippen molar-refractivity contribution >= 4 is 5.91 Å². The van der Waals surface area contributed by atoms with E-state index in [9.17, 15) is 4.79 Å². The first-order chi connectivity index (χ1) is 12.3. The third-order valence-corrected chi connectivity index (χ3v) is 4.21. The Bertz CT molecular complexity index is 879. The average molecular weight is 331 g/mol. The van der Waals surface area contributed by atoms with Crippen molar-refractivity contribution in [3.8, 4) is 17.1 Å². The Morgan fingerprint density at radius 1 is 1.00 bits per heavy atom. The molecular weight excluding hydrogens is 314 g/mol. The van der Waals surface area contributed by atoms with Crippen LogP contribution in [0.5, 0.6) is 5.75 Å². The number of hydrogen-bond donors (Lipinski definition) is 1. The number of fused-ring (bicyclic) bond motifs is 1. The molecule has 5 nitrogen and oxygen atoms in total. The molecule has 124 valence electrons. The highest BCUT2D eigenvalue weighted by Crippen LogP contribution is 2.31. The third kappa shape index (κ3) is 3.21. The molecule has 1 aliphatic heterocycles. The molecule has 1 unspecified atom stereocenters. The highest BCUT2D eigenvalue weighted by Gasteiger charge is 2.23. The lowest BCUT2D eigenvalue weighted by Crippen LogP contribution is -2.32. The maximum absolute atomic E-state index is 12.5. The molecule has 0 fully saturated rings. The minimum atomic E-state index is -0.179. The SMILES string of the molecule is O=C(NC1CCOc2ccccc21)c1cnc(-c2ccccc2)nc1. The summed E-state index contributed by atoms with van der Waals surface area (Å²) in [5.41, 5.74) is 2.38. The van der Waals surface area contributed by atoms with Gasteiger partial charge >= 0.3 is 0 Å². The Hall–Kier alpha value is -3.21. The van der Waals surface area contributed by atoms with Crippen LogP contribution in [-0.2, 0) is 0 Å². The topological polar surface area (TPSA) is 64.1 Å². The molecule has 1 aliphatic rings. The monoisotopic (exact) mass is 331 g/mol. The standard InChI is InChI=1S/C20H17N3O2/c24-20(23-17-10-11-25-18-9-5-4-8-16(17)18)15-12-21-19(22-13-15)14-6-2-1-3-7-14/h1-9,12-13,17H,10-11H2,(H,23,24). The zero-order valence-corrected chi connectivity index (χ0v) is 13.6. The molecule has 0 spiro atoms. The van der Waals surface area contributed by atoms with Gasteiger partial charge in [0.2, 0.25) is 0 Å². The smallest absolute Gasteiger partial charge is 0.254 e. The highest BCUT2D eigenvalue weighted by molar-refractivity contribution is 5.94. The summed E-state index contributed by atoms with van der Waals surface area (Å²) in [5, 5.41) is 3.05. The number of para-hydroxylation sites is 1. The first-order valence-corrected chi connectivity index (χ1v) is 8.21. The molecule has 0 radical (unpaired) electrons. The van der Waals surface area contributed by atoms with Gasteiger partial charge in [-0.1, -0.05) is 48.5 Å². The van der Waals surface area contributed by atoms with Crippen LogP contribution in [0.1, 0.15) is 28.4 Å². The maximum Gasteiger partial charge on any atom is 0.254 e. The number of nitrogens with zero attached hydrogens (tertiary/aromatic N) is 2. The molecule has 0 aliphatic carbocycles. The summed E-state index contributed by atoms with van der Waals surface area (Å²) in [4.78, 5) is 21.2. The van der Waals surface area contributed by atoms with Crippen LogP contribution < -0.4 is 10.1 Å². The van der Waals surface area contributed by atoms with Crippen molar-refractivity contribution in [3.05, 3.63) is 78.1 Å². The van der Waals surface area contributed by atoms with E-state index in [1.54, 1.807) is 12.4 Å².